The molecule has 0 aliphatic heterocycles. The molecule has 0 aliphatic carbocycles. The summed E-state index contributed by atoms with van der Waals surface area (Å²) in [5.41, 5.74) is 0. The fourth-order valence-corrected chi connectivity index (χ4v) is 7.91. The van der Waals surface area contributed by atoms with Crippen molar-refractivity contribution in [1.82, 2.24) is 5.32 Å². The van der Waals surface area contributed by atoms with E-state index in [-0.39, 0.29) is 18.5 Å². The summed E-state index contributed by atoms with van der Waals surface area (Å²) in [6.07, 6.45) is 57.6. The molecule has 0 rings (SSSR count). The third kappa shape index (κ3) is 45.7. The van der Waals surface area contributed by atoms with Gasteiger partial charge in [-0.1, -0.05) is 237 Å². The lowest BCUT2D eigenvalue weighted by molar-refractivity contribution is -0.143. The van der Waals surface area contributed by atoms with Crippen LogP contribution in [0.5, 0.6) is 0 Å². The summed E-state index contributed by atoms with van der Waals surface area (Å²) in [6, 6.07) is -0.627. The highest BCUT2D eigenvalue weighted by Gasteiger charge is 2.18. The zero-order valence-corrected chi connectivity index (χ0v) is 39.5. The number of nitrogens with one attached hydrogen (secondary N) is 1. The Morgan fingerprint density at radius 3 is 1.25 bits per heavy atom. The molecule has 0 saturated heterocycles. The summed E-state index contributed by atoms with van der Waals surface area (Å²) in [4.78, 5) is 24.4. The lowest BCUT2D eigenvalue weighted by Gasteiger charge is -2.20. The third-order valence-corrected chi connectivity index (χ3v) is 12.0. The van der Waals surface area contributed by atoms with Crippen LogP contribution in [0, 0.1) is 0 Å². The summed E-state index contributed by atoms with van der Waals surface area (Å²) in [6.45, 7) is 4.84. The van der Waals surface area contributed by atoms with E-state index in [1.807, 2.05) is 6.08 Å². The van der Waals surface area contributed by atoms with Crippen LogP contribution < -0.4 is 5.32 Å². The molecule has 2 unspecified atom stereocenters. The number of carbonyl (C=O) groups is 2. The molecule has 6 nitrogen and oxygen atoms in total. The van der Waals surface area contributed by atoms with Gasteiger partial charge in [0.2, 0.25) is 5.91 Å². The molecule has 6 heteroatoms. The highest BCUT2D eigenvalue weighted by molar-refractivity contribution is 5.76. The SMILES string of the molecule is CCCC/C=C\CCCCCCCC(=O)OCCCCCCCCCCCCCCCCCCCCCCC(=O)NC(CO)C(O)/C=C/CCCCCCCCCCC. The van der Waals surface area contributed by atoms with Crippen molar-refractivity contribution in [3.63, 3.8) is 0 Å². The Morgan fingerprint density at radius 1 is 0.458 bits per heavy atom. The molecule has 59 heavy (non-hydrogen) atoms. The molecule has 0 fully saturated rings. The van der Waals surface area contributed by atoms with Crippen LogP contribution in [0.2, 0.25) is 0 Å². The van der Waals surface area contributed by atoms with Gasteiger partial charge in [0.25, 0.3) is 0 Å². The fraction of sp³-hybridized carbons (Fsp3) is 0.887. The number of carbonyl (C=O) groups excluding carboxylic acids is 2. The minimum atomic E-state index is -0.843. The number of rotatable bonds is 48. The van der Waals surface area contributed by atoms with E-state index in [2.05, 4.69) is 31.3 Å². The minimum Gasteiger partial charge on any atom is -0.466 e. The summed E-state index contributed by atoms with van der Waals surface area (Å²) < 4.78 is 5.45. The maximum Gasteiger partial charge on any atom is 0.305 e. The van der Waals surface area contributed by atoms with Gasteiger partial charge in [-0.2, -0.15) is 0 Å². The van der Waals surface area contributed by atoms with E-state index in [0.717, 1.165) is 44.9 Å². The molecule has 2 atom stereocenters. The van der Waals surface area contributed by atoms with Gasteiger partial charge < -0.3 is 20.3 Å². The number of aliphatic hydroxyl groups excluding tert-OH is 2. The first-order valence-electron chi connectivity index (χ1n) is 26.1. The van der Waals surface area contributed by atoms with Crippen molar-refractivity contribution >= 4 is 11.9 Å². The molecule has 0 aromatic carbocycles. The zero-order chi connectivity index (χ0) is 43.0. The number of esters is 1. The molecular formula is C53H101NO5. The smallest absolute Gasteiger partial charge is 0.305 e. The van der Waals surface area contributed by atoms with Crippen molar-refractivity contribution in [3.05, 3.63) is 24.3 Å². The fourth-order valence-electron chi connectivity index (χ4n) is 7.91. The van der Waals surface area contributed by atoms with Crippen molar-refractivity contribution in [1.29, 1.82) is 0 Å². The molecule has 1 amide bonds. The molecule has 0 aromatic heterocycles. The topological polar surface area (TPSA) is 95.9 Å². The Morgan fingerprint density at radius 2 is 0.814 bits per heavy atom. The largest absolute Gasteiger partial charge is 0.466 e. The van der Waals surface area contributed by atoms with Gasteiger partial charge in [0.05, 0.1) is 25.4 Å². The first-order valence-corrected chi connectivity index (χ1v) is 26.1. The second kappa shape index (κ2) is 49.0. The lowest BCUT2D eigenvalue weighted by Crippen LogP contribution is -2.45. The predicted octanol–water partition coefficient (Wildman–Crippen LogP) is 15.5. The standard InChI is InChI=1S/C53H101NO5/c1-3-5-7-9-11-13-25-29-33-37-41-45-51(56)50(49-55)54-52(57)46-42-38-34-30-27-23-21-19-17-15-16-18-20-22-24-28-32-36-40-44-48-59-53(58)47-43-39-35-31-26-14-12-10-8-6-4-2/h10,12,41,45,50-51,55-56H,3-9,11,13-40,42-44,46-49H2,1-2H3,(H,54,57)/b12-10-,45-41+. The Hall–Kier alpha value is -1.66. The summed E-state index contributed by atoms with van der Waals surface area (Å²) in [7, 11) is 0. The molecule has 348 valence electrons. The van der Waals surface area contributed by atoms with Crippen LogP contribution >= 0.6 is 0 Å². The molecule has 0 aromatic rings. The Kier molecular flexibility index (Phi) is 47.6. The van der Waals surface area contributed by atoms with Crippen LogP contribution in [0.1, 0.15) is 277 Å². The molecule has 0 heterocycles. The van der Waals surface area contributed by atoms with Crippen LogP contribution in [0.3, 0.4) is 0 Å². The molecule has 0 bridgehead atoms. The summed E-state index contributed by atoms with van der Waals surface area (Å²) in [5.74, 6) is -0.0730. The number of amides is 1. The lowest BCUT2D eigenvalue weighted by atomic mass is 10.0. The van der Waals surface area contributed by atoms with Crippen LogP contribution in [-0.2, 0) is 14.3 Å². The second-order valence-corrected chi connectivity index (χ2v) is 17.9. The van der Waals surface area contributed by atoms with E-state index in [4.69, 9.17) is 4.74 Å². The van der Waals surface area contributed by atoms with Gasteiger partial charge in [-0.25, -0.2) is 0 Å². The van der Waals surface area contributed by atoms with E-state index in [1.54, 1.807) is 6.08 Å². The second-order valence-electron chi connectivity index (χ2n) is 17.9. The number of ether oxygens (including phenoxy) is 1. The van der Waals surface area contributed by atoms with E-state index < -0.39 is 12.1 Å². The van der Waals surface area contributed by atoms with Gasteiger partial charge in [0.15, 0.2) is 0 Å². The van der Waals surface area contributed by atoms with Gasteiger partial charge in [-0.05, 0) is 51.4 Å². The van der Waals surface area contributed by atoms with Gasteiger partial charge in [-0.3, -0.25) is 9.59 Å². The van der Waals surface area contributed by atoms with Crippen molar-refractivity contribution in [2.75, 3.05) is 13.2 Å². The van der Waals surface area contributed by atoms with Crippen molar-refractivity contribution in [2.24, 2.45) is 0 Å². The molecule has 0 spiro atoms. The Balaban J connectivity index is 3.41. The van der Waals surface area contributed by atoms with Gasteiger partial charge in [-0.15, -0.1) is 0 Å². The molecule has 0 aliphatic rings. The van der Waals surface area contributed by atoms with Crippen LogP contribution in [0.15, 0.2) is 24.3 Å². The number of unbranched alkanes of at least 4 members (excludes halogenated alkanes) is 35. The van der Waals surface area contributed by atoms with Crippen LogP contribution in [-0.4, -0.2) is 47.4 Å². The molecular weight excluding hydrogens is 731 g/mol. The van der Waals surface area contributed by atoms with Gasteiger partial charge in [0.1, 0.15) is 0 Å². The summed E-state index contributed by atoms with van der Waals surface area (Å²) in [5, 5.41) is 23.0. The van der Waals surface area contributed by atoms with Crippen LogP contribution in [0.4, 0.5) is 0 Å². The highest BCUT2D eigenvalue weighted by atomic mass is 16.5. The maximum atomic E-state index is 12.4. The minimum absolute atomic E-state index is 0.00165. The quantitative estimate of drug-likeness (QED) is 0.0322. The number of allylic oxidation sites excluding steroid dienone is 3. The molecule has 0 saturated carbocycles. The van der Waals surface area contributed by atoms with Gasteiger partial charge >= 0.3 is 5.97 Å². The van der Waals surface area contributed by atoms with E-state index in [0.29, 0.717) is 19.4 Å². The van der Waals surface area contributed by atoms with E-state index >= 15 is 0 Å². The maximum absolute atomic E-state index is 12.4. The van der Waals surface area contributed by atoms with Crippen molar-refractivity contribution < 1.29 is 24.5 Å². The van der Waals surface area contributed by atoms with Crippen molar-refractivity contribution in [3.8, 4) is 0 Å². The number of hydrogen-bond acceptors (Lipinski definition) is 5. The Bertz CT molecular complexity index is 920. The van der Waals surface area contributed by atoms with E-state index in [9.17, 15) is 19.8 Å². The monoisotopic (exact) mass is 832 g/mol. The zero-order valence-electron chi connectivity index (χ0n) is 39.5. The predicted molar refractivity (Wildman–Crippen MR) is 255 cm³/mol. The Labute approximate surface area is 367 Å². The first-order chi connectivity index (χ1) is 29.0. The molecule has 3 N–H and O–H groups in total. The summed E-state index contributed by atoms with van der Waals surface area (Å²) >= 11 is 0. The van der Waals surface area contributed by atoms with E-state index in [1.165, 1.54) is 205 Å². The average Bonchev–Trinajstić information content (AvgIpc) is 3.24. The number of hydrogen-bond donors (Lipinski definition) is 3. The average molecular weight is 832 g/mol. The van der Waals surface area contributed by atoms with Crippen molar-refractivity contribution in [2.45, 2.75) is 289 Å². The highest BCUT2D eigenvalue weighted by Crippen LogP contribution is 2.16. The van der Waals surface area contributed by atoms with Crippen LogP contribution in [0.25, 0.3) is 0 Å². The first kappa shape index (κ1) is 57.3. The third-order valence-electron chi connectivity index (χ3n) is 12.0. The van der Waals surface area contributed by atoms with Gasteiger partial charge in [0, 0.05) is 12.8 Å². The normalized spacial score (nSPS) is 12.8. The number of aliphatic hydroxyl groups is 2. The molecule has 0 radical (unpaired) electrons.